The molecule has 0 fully saturated rings. The van der Waals surface area contributed by atoms with Crippen LogP contribution in [0, 0.1) is 6.57 Å². The van der Waals surface area contributed by atoms with Crippen LogP contribution in [0.25, 0.3) is 16.0 Å². The van der Waals surface area contributed by atoms with Crippen molar-refractivity contribution in [3.8, 4) is 0 Å². The Morgan fingerprint density at radius 1 is 1.50 bits per heavy atom. The van der Waals surface area contributed by atoms with Gasteiger partial charge < -0.3 is 0 Å². The first-order valence-corrected chi connectivity index (χ1v) is 3.73. The summed E-state index contributed by atoms with van der Waals surface area (Å²) >= 11 is 0. The summed E-state index contributed by atoms with van der Waals surface area (Å²) in [6.45, 7) is 6.68. The molecule has 0 amide bonds. The van der Waals surface area contributed by atoms with E-state index < -0.39 is 11.2 Å². The SMILES string of the molecule is [C-]#[N+]Cn1cnc2c(=O)[nH]c(=O)[nH]c21. The van der Waals surface area contributed by atoms with Gasteiger partial charge >= 0.3 is 5.69 Å². The van der Waals surface area contributed by atoms with Crippen LogP contribution in [0.1, 0.15) is 0 Å². The maximum atomic E-state index is 11.2. The molecule has 0 unspecified atom stereocenters. The molecule has 7 heteroatoms. The predicted octanol–water partition coefficient (Wildman–Crippen LogP) is -0.710. The van der Waals surface area contributed by atoms with Crippen LogP contribution in [0.2, 0.25) is 0 Å². The molecule has 70 valence electrons. The van der Waals surface area contributed by atoms with Crippen molar-refractivity contribution in [1.82, 2.24) is 19.5 Å². The molecule has 2 rings (SSSR count). The Morgan fingerprint density at radius 2 is 2.29 bits per heavy atom. The third-order valence-corrected chi connectivity index (χ3v) is 1.73. The number of fused-ring (bicyclic) bond motifs is 1. The monoisotopic (exact) mass is 191 g/mol. The van der Waals surface area contributed by atoms with E-state index in [1.54, 1.807) is 0 Å². The van der Waals surface area contributed by atoms with Crippen LogP contribution in [0.4, 0.5) is 0 Å². The van der Waals surface area contributed by atoms with Crippen LogP contribution in [0.3, 0.4) is 0 Å². The van der Waals surface area contributed by atoms with Crippen molar-refractivity contribution < 1.29 is 0 Å². The molecule has 0 saturated heterocycles. The summed E-state index contributed by atoms with van der Waals surface area (Å²) in [6, 6.07) is 0. The number of aromatic nitrogens is 4. The van der Waals surface area contributed by atoms with Crippen molar-refractivity contribution in [2.24, 2.45) is 0 Å². The Bertz CT molecular complexity index is 626. The summed E-state index contributed by atoms with van der Waals surface area (Å²) in [5.74, 6) is 0. The van der Waals surface area contributed by atoms with Gasteiger partial charge in [-0.15, -0.1) is 0 Å². The summed E-state index contributed by atoms with van der Waals surface area (Å²) in [6.07, 6.45) is 1.34. The molecule has 0 spiro atoms. The highest BCUT2D eigenvalue weighted by atomic mass is 16.2. The first kappa shape index (κ1) is 8.25. The number of aromatic amines is 2. The molecule has 0 aliphatic heterocycles. The van der Waals surface area contributed by atoms with E-state index in [0.29, 0.717) is 0 Å². The van der Waals surface area contributed by atoms with Crippen LogP contribution >= 0.6 is 0 Å². The van der Waals surface area contributed by atoms with Crippen molar-refractivity contribution in [1.29, 1.82) is 0 Å². The van der Waals surface area contributed by atoms with Crippen molar-refractivity contribution in [3.05, 3.63) is 38.6 Å². The smallest absolute Gasteiger partial charge is 0.293 e. The van der Waals surface area contributed by atoms with E-state index in [1.807, 2.05) is 4.98 Å². The van der Waals surface area contributed by atoms with Crippen molar-refractivity contribution >= 4 is 11.2 Å². The van der Waals surface area contributed by atoms with Gasteiger partial charge in [0.2, 0.25) is 0 Å². The molecule has 14 heavy (non-hydrogen) atoms. The summed E-state index contributed by atoms with van der Waals surface area (Å²) < 4.78 is 1.40. The van der Waals surface area contributed by atoms with E-state index >= 15 is 0 Å². The zero-order valence-corrected chi connectivity index (χ0v) is 6.94. The molecular formula is C7H5N5O2. The van der Waals surface area contributed by atoms with E-state index in [9.17, 15) is 9.59 Å². The highest BCUT2D eigenvalue weighted by Crippen LogP contribution is 2.01. The number of nitrogens with one attached hydrogen (secondary N) is 2. The van der Waals surface area contributed by atoms with Gasteiger partial charge in [-0.1, -0.05) is 0 Å². The lowest BCUT2D eigenvalue weighted by Gasteiger charge is -1.92. The number of hydrogen-bond acceptors (Lipinski definition) is 3. The molecule has 0 radical (unpaired) electrons. The van der Waals surface area contributed by atoms with E-state index in [0.717, 1.165) is 0 Å². The molecule has 0 aromatic carbocycles. The first-order valence-electron chi connectivity index (χ1n) is 3.73. The molecule has 0 saturated carbocycles. The van der Waals surface area contributed by atoms with Crippen molar-refractivity contribution in [3.63, 3.8) is 0 Å². The van der Waals surface area contributed by atoms with Crippen LogP contribution in [-0.2, 0) is 6.67 Å². The molecule has 2 aromatic rings. The summed E-state index contributed by atoms with van der Waals surface area (Å²) in [5, 5.41) is 0. The number of rotatable bonds is 1. The van der Waals surface area contributed by atoms with Gasteiger partial charge in [-0.3, -0.25) is 19.6 Å². The second-order valence-corrected chi connectivity index (χ2v) is 2.62. The number of hydrogen-bond donors (Lipinski definition) is 2. The lowest BCUT2D eigenvalue weighted by molar-refractivity contribution is 0.829. The number of imidazole rings is 1. The standard InChI is InChI=1S/C7H5N5O2/c1-8-2-12-3-9-4-5(12)10-7(14)11-6(4)13/h3H,2H2,(H2,10,11,13,14). The van der Waals surface area contributed by atoms with E-state index in [-0.39, 0.29) is 17.8 Å². The van der Waals surface area contributed by atoms with E-state index in [2.05, 4.69) is 14.8 Å². The largest absolute Gasteiger partial charge is 0.327 e. The fourth-order valence-corrected chi connectivity index (χ4v) is 1.16. The van der Waals surface area contributed by atoms with Crippen molar-refractivity contribution in [2.75, 3.05) is 0 Å². The second kappa shape index (κ2) is 2.85. The quantitative estimate of drug-likeness (QED) is 0.583. The van der Waals surface area contributed by atoms with Crippen LogP contribution in [-0.4, -0.2) is 19.5 Å². The highest BCUT2D eigenvalue weighted by Gasteiger charge is 2.07. The first-order chi connectivity index (χ1) is 6.72. The van der Waals surface area contributed by atoms with Crippen LogP contribution < -0.4 is 11.2 Å². The van der Waals surface area contributed by atoms with Gasteiger partial charge in [0.25, 0.3) is 12.2 Å². The molecule has 2 aromatic heterocycles. The highest BCUT2D eigenvalue weighted by molar-refractivity contribution is 5.68. The zero-order chi connectivity index (χ0) is 10.1. The van der Waals surface area contributed by atoms with Gasteiger partial charge in [-0.2, -0.15) is 0 Å². The topological polar surface area (TPSA) is 87.9 Å². The molecule has 0 bridgehead atoms. The average molecular weight is 191 g/mol. The average Bonchev–Trinajstić information content (AvgIpc) is 2.49. The molecule has 7 nitrogen and oxygen atoms in total. The molecule has 0 aliphatic rings. The van der Waals surface area contributed by atoms with Gasteiger partial charge in [0, 0.05) is 0 Å². The minimum absolute atomic E-state index is 0.0237. The lowest BCUT2D eigenvalue weighted by Crippen LogP contribution is -2.22. The van der Waals surface area contributed by atoms with Crippen molar-refractivity contribution in [2.45, 2.75) is 6.67 Å². The molecular weight excluding hydrogens is 186 g/mol. The molecule has 2 heterocycles. The number of nitrogens with zero attached hydrogens (tertiary/aromatic N) is 3. The molecule has 2 N–H and O–H groups in total. The van der Waals surface area contributed by atoms with Gasteiger partial charge in [-0.05, 0) is 0 Å². The predicted molar refractivity (Wildman–Crippen MR) is 47.6 cm³/mol. The lowest BCUT2D eigenvalue weighted by atomic mass is 10.5. The zero-order valence-electron chi connectivity index (χ0n) is 6.94. The normalized spacial score (nSPS) is 10.2. The van der Waals surface area contributed by atoms with Crippen LogP contribution in [0.5, 0.6) is 0 Å². The fraction of sp³-hybridized carbons (Fsp3) is 0.143. The third kappa shape index (κ3) is 1.09. The summed E-state index contributed by atoms with van der Waals surface area (Å²) in [5.41, 5.74) is -0.746. The Balaban J connectivity index is 2.87. The Hall–Kier alpha value is -2.36. The Kier molecular flexibility index (Phi) is 1.68. The Morgan fingerprint density at radius 3 is 3.00 bits per heavy atom. The summed E-state index contributed by atoms with van der Waals surface area (Å²) in [7, 11) is 0. The minimum Gasteiger partial charge on any atom is -0.293 e. The second-order valence-electron chi connectivity index (χ2n) is 2.62. The fourth-order valence-electron chi connectivity index (χ4n) is 1.16. The third-order valence-electron chi connectivity index (χ3n) is 1.73. The van der Waals surface area contributed by atoms with Gasteiger partial charge in [0.05, 0.1) is 0 Å². The molecule has 0 aliphatic carbocycles. The maximum absolute atomic E-state index is 11.2. The maximum Gasteiger partial charge on any atom is 0.327 e. The Labute approximate surface area is 76.8 Å². The van der Waals surface area contributed by atoms with Gasteiger partial charge in [0.1, 0.15) is 6.33 Å². The van der Waals surface area contributed by atoms with Gasteiger partial charge in [0.15, 0.2) is 11.2 Å². The summed E-state index contributed by atoms with van der Waals surface area (Å²) in [4.78, 5) is 33.5. The van der Waals surface area contributed by atoms with E-state index in [4.69, 9.17) is 6.57 Å². The van der Waals surface area contributed by atoms with E-state index in [1.165, 1.54) is 10.9 Å². The number of H-pyrrole nitrogens is 2. The van der Waals surface area contributed by atoms with Gasteiger partial charge in [-0.25, -0.2) is 20.9 Å². The van der Waals surface area contributed by atoms with Crippen LogP contribution in [0.15, 0.2) is 15.9 Å². The minimum atomic E-state index is -0.603. The molecule has 0 atom stereocenters.